The Hall–Kier alpha value is -7.24. The van der Waals surface area contributed by atoms with Crippen molar-refractivity contribution < 1.29 is 43.3 Å². The molecular formula is C50H77N15O9. The normalized spacial score (nSPS) is 19.6. The van der Waals surface area contributed by atoms with E-state index in [-0.39, 0.29) is 54.3 Å². The van der Waals surface area contributed by atoms with Crippen LogP contribution in [0.15, 0.2) is 48.5 Å². The molecule has 0 unspecified atom stereocenters. The standard InChI is InChI=1S/C36H52N12O6.C14H25N3O3/c37-31(38)43-27-11-7-25(8-12-27)23-41-33(49)45-15-19-47(20-16-45)35(51)53-29-3-1-4-30(6-2-5-29)54-36(52)48-21-17-46(18-22-48)34(50)42-24-26-9-13-28(14-10-26)44-32(39)40;18-13(3-1-2-12-4-6-15-7-5-12)16-8-10-17(11-9-16)14(19)20/h7-14,29-30H,1-6,15-24H2,(H,41,49)(H,42,50)(H4,37,38,43)(H4,39,40,44);12,15H,1-11H2,(H,19,20)/t29-,30+;. The molecule has 12 N–H and O–H groups in total. The lowest BCUT2D eigenvalue weighted by Crippen LogP contribution is -2.53. The van der Waals surface area contributed by atoms with Gasteiger partial charge in [0.25, 0.3) is 0 Å². The summed E-state index contributed by atoms with van der Waals surface area (Å²) in [6, 6.07) is 14.1. The molecule has 5 fully saturated rings. The molecule has 1 saturated carbocycles. The van der Waals surface area contributed by atoms with Crippen LogP contribution < -0.4 is 38.1 Å². The van der Waals surface area contributed by atoms with Gasteiger partial charge in [0.05, 0.1) is 0 Å². The number of amides is 8. The Bertz CT molecular complexity index is 2050. The van der Waals surface area contributed by atoms with Gasteiger partial charge in [-0.15, -0.1) is 0 Å². The summed E-state index contributed by atoms with van der Waals surface area (Å²) in [4.78, 5) is 84.1. The van der Waals surface area contributed by atoms with Crippen molar-refractivity contribution in [3.05, 3.63) is 59.7 Å². The number of nitrogens with one attached hydrogen (secondary N) is 7. The van der Waals surface area contributed by atoms with Gasteiger partial charge >= 0.3 is 30.3 Å². The molecule has 4 saturated heterocycles. The quantitative estimate of drug-likeness (QED) is 0.106. The van der Waals surface area contributed by atoms with Crippen LogP contribution in [0.3, 0.4) is 0 Å². The van der Waals surface area contributed by atoms with Gasteiger partial charge in [-0.05, 0) is 119 Å². The van der Waals surface area contributed by atoms with Gasteiger partial charge in [0.2, 0.25) is 5.91 Å². The third kappa shape index (κ3) is 18.7. The van der Waals surface area contributed by atoms with Gasteiger partial charge in [0, 0.05) is 109 Å². The molecule has 24 nitrogen and oxygen atoms in total. The number of nitrogens with two attached hydrogens (primary N) is 2. The lowest BCUT2D eigenvalue weighted by Gasteiger charge is -2.36. The van der Waals surface area contributed by atoms with Crippen LogP contribution in [0.25, 0.3) is 0 Å². The zero-order valence-corrected chi connectivity index (χ0v) is 42.5. The summed E-state index contributed by atoms with van der Waals surface area (Å²) >= 11 is 0. The number of carbonyl (C=O) groups excluding carboxylic acids is 5. The van der Waals surface area contributed by atoms with Crippen molar-refractivity contribution in [1.82, 2.24) is 45.3 Å². The average Bonchev–Trinajstić information content (AvgIpc) is 3.39. The molecule has 2 aromatic rings. The monoisotopic (exact) mass is 1030 g/mol. The van der Waals surface area contributed by atoms with E-state index < -0.39 is 6.09 Å². The van der Waals surface area contributed by atoms with E-state index in [0.29, 0.717) is 135 Å². The average molecular weight is 1030 g/mol. The zero-order valence-electron chi connectivity index (χ0n) is 42.5. The second kappa shape index (κ2) is 28.9. The van der Waals surface area contributed by atoms with E-state index in [2.05, 4.69) is 26.6 Å². The number of anilines is 2. The molecule has 0 bridgehead atoms. The second-order valence-electron chi connectivity index (χ2n) is 19.3. The Morgan fingerprint density at radius 2 is 0.932 bits per heavy atom. The summed E-state index contributed by atoms with van der Waals surface area (Å²) in [5.74, 6) is 0.666. The Labute approximate surface area is 433 Å². The van der Waals surface area contributed by atoms with Gasteiger partial charge in [-0.25, -0.2) is 24.0 Å². The zero-order chi connectivity index (χ0) is 52.8. The number of carbonyl (C=O) groups is 6. The molecule has 24 heteroatoms. The number of guanidine groups is 2. The number of piperazine rings is 3. The van der Waals surface area contributed by atoms with Crippen LogP contribution in [0.2, 0.25) is 0 Å². The van der Waals surface area contributed by atoms with Gasteiger partial charge in [-0.1, -0.05) is 24.3 Å². The molecule has 4 heterocycles. The minimum Gasteiger partial charge on any atom is -0.465 e. The van der Waals surface area contributed by atoms with Crippen molar-refractivity contribution >= 4 is 59.5 Å². The van der Waals surface area contributed by atoms with Crippen molar-refractivity contribution in [2.24, 2.45) is 17.4 Å². The number of piperidine rings is 1. The van der Waals surface area contributed by atoms with Gasteiger partial charge in [0.1, 0.15) is 12.2 Å². The number of rotatable bonds is 12. The van der Waals surface area contributed by atoms with Crippen LogP contribution in [-0.2, 0) is 27.4 Å². The molecule has 74 heavy (non-hydrogen) atoms. The van der Waals surface area contributed by atoms with Crippen LogP contribution in [0.4, 0.5) is 35.3 Å². The van der Waals surface area contributed by atoms with Gasteiger partial charge < -0.3 is 82.0 Å². The predicted molar refractivity (Wildman–Crippen MR) is 279 cm³/mol. The first-order chi connectivity index (χ1) is 35.7. The van der Waals surface area contributed by atoms with Crippen molar-refractivity contribution in [2.45, 2.75) is 95.9 Å². The fraction of sp³-hybridized carbons (Fsp3) is 0.600. The predicted octanol–water partition coefficient (Wildman–Crippen LogP) is 4.00. The van der Waals surface area contributed by atoms with Crippen LogP contribution in [0, 0.1) is 16.7 Å². The number of hydrogen-bond acceptors (Lipinski definition) is 11. The molecule has 2 aromatic carbocycles. The summed E-state index contributed by atoms with van der Waals surface area (Å²) in [7, 11) is 0. The molecule has 5 aliphatic rings. The summed E-state index contributed by atoms with van der Waals surface area (Å²) in [6.45, 7) is 8.03. The highest BCUT2D eigenvalue weighted by Gasteiger charge is 2.31. The minimum atomic E-state index is -0.886. The van der Waals surface area contributed by atoms with Crippen LogP contribution in [0.5, 0.6) is 0 Å². The Balaban J connectivity index is 0.000000371. The minimum absolute atomic E-state index is 0.145. The summed E-state index contributed by atoms with van der Waals surface area (Å²) in [5.41, 5.74) is 13.9. The van der Waals surface area contributed by atoms with Crippen molar-refractivity contribution in [3.63, 3.8) is 0 Å². The highest BCUT2D eigenvalue weighted by Crippen LogP contribution is 2.24. The molecule has 4 aliphatic heterocycles. The van der Waals surface area contributed by atoms with E-state index >= 15 is 0 Å². The Kier molecular flexibility index (Phi) is 21.9. The van der Waals surface area contributed by atoms with E-state index in [1.165, 1.54) is 17.7 Å². The molecular weight excluding hydrogens is 955 g/mol. The van der Waals surface area contributed by atoms with Crippen molar-refractivity contribution in [2.75, 3.05) is 102 Å². The maximum atomic E-state index is 13.0. The highest BCUT2D eigenvalue weighted by molar-refractivity contribution is 5.90. The van der Waals surface area contributed by atoms with Gasteiger partial charge in [-0.2, -0.15) is 0 Å². The fourth-order valence-electron chi connectivity index (χ4n) is 9.61. The first-order valence-electron chi connectivity index (χ1n) is 26.0. The fourth-order valence-corrected chi connectivity index (χ4v) is 9.61. The van der Waals surface area contributed by atoms with E-state index in [9.17, 15) is 28.8 Å². The first kappa shape index (κ1) is 56.1. The number of nitrogens with zero attached hydrogens (tertiary/aromatic N) is 6. The molecule has 1 aliphatic carbocycles. The third-order valence-electron chi connectivity index (χ3n) is 14.0. The maximum absolute atomic E-state index is 13.0. The lowest BCUT2D eigenvalue weighted by molar-refractivity contribution is -0.132. The molecule has 7 rings (SSSR count). The molecule has 0 spiro atoms. The molecule has 406 valence electrons. The van der Waals surface area contributed by atoms with Crippen molar-refractivity contribution in [1.29, 1.82) is 10.8 Å². The Morgan fingerprint density at radius 1 is 0.554 bits per heavy atom. The van der Waals surface area contributed by atoms with Crippen LogP contribution >= 0.6 is 0 Å². The van der Waals surface area contributed by atoms with E-state index in [0.717, 1.165) is 55.8 Å². The lowest BCUT2D eigenvalue weighted by atomic mass is 9.92. The number of hydrogen-bond donors (Lipinski definition) is 10. The Morgan fingerprint density at radius 3 is 1.32 bits per heavy atom. The van der Waals surface area contributed by atoms with Crippen LogP contribution in [-0.4, -0.2) is 187 Å². The van der Waals surface area contributed by atoms with Gasteiger partial charge in [-0.3, -0.25) is 15.6 Å². The SMILES string of the molecule is N=C(N)Nc1ccc(CNC(=O)N2CCN(C(=O)O[C@H]3CCC[C@@H](OC(=O)N4CCN(C(=O)NCc5ccc(NC(=N)N)cc5)CC4)CCC3)CC2)cc1.O=C(O)N1CCN(C(=O)CCCC2CCNCC2)CC1. The van der Waals surface area contributed by atoms with E-state index in [1.54, 1.807) is 43.9 Å². The van der Waals surface area contributed by atoms with E-state index in [1.807, 2.05) is 29.2 Å². The third-order valence-corrected chi connectivity index (χ3v) is 14.0. The van der Waals surface area contributed by atoms with E-state index in [4.69, 9.17) is 36.9 Å². The smallest absolute Gasteiger partial charge is 0.410 e. The van der Waals surface area contributed by atoms with Gasteiger partial charge in [0.15, 0.2) is 11.9 Å². The molecule has 0 radical (unpaired) electrons. The number of carboxylic acid groups (broad SMARTS) is 1. The van der Waals surface area contributed by atoms with Crippen molar-refractivity contribution in [3.8, 4) is 0 Å². The molecule has 8 amide bonds. The number of urea groups is 2. The molecule has 0 aromatic heterocycles. The summed E-state index contributed by atoms with van der Waals surface area (Å²) < 4.78 is 11.8. The summed E-state index contributed by atoms with van der Waals surface area (Å²) in [6.07, 6.45) is 7.35. The van der Waals surface area contributed by atoms with Crippen LogP contribution in [0.1, 0.15) is 81.8 Å². The maximum Gasteiger partial charge on any atom is 0.410 e. The molecule has 0 atom stereocenters. The number of benzene rings is 2. The highest BCUT2D eigenvalue weighted by atomic mass is 16.6. The number of ether oxygens (including phenoxy) is 2. The summed E-state index contributed by atoms with van der Waals surface area (Å²) in [5, 5.41) is 38.1. The second-order valence-corrected chi connectivity index (χ2v) is 19.3. The first-order valence-corrected chi connectivity index (χ1v) is 26.0. The topological polar surface area (TPSA) is 320 Å². The largest absolute Gasteiger partial charge is 0.465 e.